The van der Waals surface area contributed by atoms with Crippen molar-refractivity contribution in [2.45, 2.75) is 25.2 Å². The summed E-state index contributed by atoms with van der Waals surface area (Å²) in [6.07, 6.45) is 3.31. The average molecular weight is 229 g/mol. The summed E-state index contributed by atoms with van der Waals surface area (Å²) in [5, 5.41) is 3.33. The van der Waals surface area contributed by atoms with E-state index in [1.165, 1.54) is 5.56 Å². The molecule has 2 nitrogen and oxygen atoms in total. The lowest BCUT2D eigenvalue weighted by Gasteiger charge is -2.21. The molecular weight excluding hydrogens is 210 g/mol. The standard InChI is InChI=1S/C15H19NO/c17-15(12-7-4-8-16-10-12)14-9-13(14)11-5-2-1-3-6-11/h1-3,5-6,12-14,16H,4,7-10H2. The van der Waals surface area contributed by atoms with Gasteiger partial charge in [0, 0.05) is 18.4 Å². The first kappa shape index (κ1) is 11.0. The van der Waals surface area contributed by atoms with Crippen LogP contribution in [-0.2, 0) is 4.79 Å². The van der Waals surface area contributed by atoms with E-state index in [9.17, 15) is 4.79 Å². The van der Waals surface area contributed by atoms with Crippen LogP contribution in [0.3, 0.4) is 0 Å². The second-order valence-corrected chi connectivity index (χ2v) is 5.31. The molecule has 3 rings (SSSR count). The molecule has 1 aromatic carbocycles. The number of hydrogen-bond acceptors (Lipinski definition) is 2. The molecule has 0 bridgehead atoms. The molecule has 2 aliphatic rings. The highest BCUT2D eigenvalue weighted by Crippen LogP contribution is 2.49. The summed E-state index contributed by atoms with van der Waals surface area (Å²) in [5.41, 5.74) is 1.34. The summed E-state index contributed by atoms with van der Waals surface area (Å²) >= 11 is 0. The Morgan fingerprint density at radius 2 is 2.06 bits per heavy atom. The van der Waals surface area contributed by atoms with Crippen LogP contribution in [0.1, 0.15) is 30.7 Å². The van der Waals surface area contributed by atoms with Crippen molar-refractivity contribution in [2.24, 2.45) is 11.8 Å². The van der Waals surface area contributed by atoms with Crippen molar-refractivity contribution in [3.8, 4) is 0 Å². The zero-order valence-electron chi connectivity index (χ0n) is 10.1. The summed E-state index contributed by atoms with van der Waals surface area (Å²) in [6.45, 7) is 1.98. The van der Waals surface area contributed by atoms with Crippen molar-refractivity contribution < 1.29 is 4.79 Å². The number of Topliss-reactive ketones (excluding diaryl/α,β-unsaturated/α-hetero) is 1. The van der Waals surface area contributed by atoms with E-state index in [4.69, 9.17) is 0 Å². The lowest BCUT2D eigenvalue weighted by Crippen LogP contribution is -2.35. The highest BCUT2D eigenvalue weighted by Gasteiger charge is 2.45. The SMILES string of the molecule is O=C(C1CCCNC1)C1CC1c1ccccc1. The van der Waals surface area contributed by atoms with Gasteiger partial charge in [-0.3, -0.25) is 4.79 Å². The van der Waals surface area contributed by atoms with E-state index in [2.05, 4.69) is 29.6 Å². The summed E-state index contributed by atoms with van der Waals surface area (Å²) in [6, 6.07) is 10.5. The maximum atomic E-state index is 12.3. The zero-order chi connectivity index (χ0) is 11.7. The molecule has 0 amide bonds. The van der Waals surface area contributed by atoms with Gasteiger partial charge >= 0.3 is 0 Å². The Hall–Kier alpha value is -1.15. The first-order valence-corrected chi connectivity index (χ1v) is 6.65. The Labute approximate surface area is 102 Å². The second kappa shape index (κ2) is 4.61. The van der Waals surface area contributed by atoms with E-state index in [1.54, 1.807) is 0 Å². The minimum Gasteiger partial charge on any atom is -0.316 e. The summed E-state index contributed by atoms with van der Waals surface area (Å²) in [5.74, 6) is 1.60. The maximum absolute atomic E-state index is 12.3. The van der Waals surface area contributed by atoms with Gasteiger partial charge in [0.05, 0.1) is 0 Å². The van der Waals surface area contributed by atoms with Crippen LogP contribution < -0.4 is 5.32 Å². The molecule has 1 saturated carbocycles. The van der Waals surface area contributed by atoms with Crippen LogP contribution in [0.5, 0.6) is 0 Å². The van der Waals surface area contributed by atoms with Crippen LogP contribution >= 0.6 is 0 Å². The average Bonchev–Trinajstić information content (AvgIpc) is 3.20. The smallest absolute Gasteiger partial charge is 0.140 e. The molecule has 1 aromatic rings. The summed E-state index contributed by atoms with van der Waals surface area (Å²) in [4.78, 5) is 12.3. The zero-order valence-corrected chi connectivity index (χ0v) is 10.1. The van der Waals surface area contributed by atoms with Crippen LogP contribution in [-0.4, -0.2) is 18.9 Å². The van der Waals surface area contributed by atoms with Crippen LogP contribution in [0.15, 0.2) is 30.3 Å². The van der Waals surface area contributed by atoms with E-state index in [0.29, 0.717) is 17.6 Å². The number of carbonyl (C=O) groups excluding carboxylic acids is 1. The Bertz CT molecular complexity index is 395. The largest absolute Gasteiger partial charge is 0.316 e. The molecule has 1 N–H and O–H groups in total. The van der Waals surface area contributed by atoms with Crippen molar-refractivity contribution in [1.29, 1.82) is 0 Å². The monoisotopic (exact) mass is 229 g/mol. The predicted molar refractivity (Wildman–Crippen MR) is 67.9 cm³/mol. The normalized spacial score (nSPS) is 32.1. The van der Waals surface area contributed by atoms with Gasteiger partial charge in [-0.2, -0.15) is 0 Å². The van der Waals surface area contributed by atoms with Crippen LogP contribution in [0.2, 0.25) is 0 Å². The molecule has 1 saturated heterocycles. The first-order valence-electron chi connectivity index (χ1n) is 6.65. The van der Waals surface area contributed by atoms with Crippen molar-refractivity contribution in [3.63, 3.8) is 0 Å². The van der Waals surface area contributed by atoms with Crippen molar-refractivity contribution >= 4 is 5.78 Å². The van der Waals surface area contributed by atoms with Crippen LogP contribution in [0.25, 0.3) is 0 Å². The lowest BCUT2D eigenvalue weighted by atomic mass is 9.91. The number of ketones is 1. The molecule has 2 fully saturated rings. The molecule has 1 aliphatic carbocycles. The van der Waals surface area contributed by atoms with Gasteiger partial charge in [-0.25, -0.2) is 0 Å². The molecule has 0 aromatic heterocycles. The van der Waals surface area contributed by atoms with E-state index in [-0.39, 0.29) is 5.92 Å². The Morgan fingerprint density at radius 3 is 2.76 bits per heavy atom. The molecule has 17 heavy (non-hydrogen) atoms. The van der Waals surface area contributed by atoms with Gasteiger partial charge in [0.2, 0.25) is 0 Å². The Morgan fingerprint density at radius 1 is 1.24 bits per heavy atom. The molecule has 90 valence electrons. The molecule has 0 radical (unpaired) electrons. The fourth-order valence-corrected chi connectivity index (χ4v) is 2.98. The summed E-state index contributed by atoms with van der Waals surface area (Å²) in [7, 11) is 0. The highest BCUT2D eigenvalue weighted by atomic mass is 16.1. The molecule has 3 unspecified atom stereocenters. The van der Waals surface area contributed by atoms with Crippen molar-refractivity contribution in [1.82, 2.24) is 5.32 Å². The molecule has 0 spiro atoms. The number of hydrogen-bond donors (Lipinski definition) is 1. The number of carbonyl (C=O) groups is 1. The Kier molecular flexibility index (Phi) is 2.98. The van der Waals surface area contributed by atoms with Crippen LogP contribution in [0, 0.1) is 11.8 Å². The third-order valence-electron chi connectivity index (χ3n) is 4.08. The maximum Gasteiger partial charge on any atom is 0.140 e. The second-order valence-electron chi connectivity index (χ2n) is 5.31. The van der Waals surface area contributed by atoms with Crippen LogP contribution in [0.4, 0.5) is 0 Å². The van der Waals surface area contributed by atoms with Gasteiger partial charge in [0.25, 0.3) is 0 Å². The van der Waals surface area contributed by atoms with Gasteiger partial charge in [-0.1, -0.05) is 30.3 Å². The van der Waals surface area contributed by atoms with Gasteiger partial charge in [0.1, 0.15) is 5.78 Å². The third-order valence-corrected chi connectivity index (χ3v) is 4.08. The molecule has 1 heterocycles. The summed E-state index contributed by atoms with van der Waals surface area (Å²) < 4.78 is 0. The van der Waals surface area contributed by atoms with E-state index < -0.39 is 0 Å². The van der Waals surface area contributed by atoms with E-state index in [0.717, 1.165) is 32.4 Å². The minimum atomic E-state index is 0.280. The third kappa shape index (κ3) is 2.27. The number of benzene rings is 1. The van der Waals surface area contributed by atoms with E-state index in [1.807, 2.05) is 6.07 Å². The van der Waals surface area contributed by atoms with Gasteiger partial charge < -0.3 is 5.32 Å². The van der Waals surface area contributed by atoms with Gasteiger partial charge in [0.15, 0.2) is 0 Å². The topological polar surface area (TPSA) is 29.1 Å². The fourth-order valence-electron chi connectivity index (χ4n) is 2.98. The minimum absolute atomic E-state index is 0.280. The fraction of sp³-hybridized carbons (Fsp3) is 0.533. The Balaban J connectivity index is 1.62. The number of piperidine rings is 1. The molecule has 2 heteroatoms. The predicted octanol–water partition coefficient (Wildman–Crippen LogP) is 2.36. The van der Waals surface area contributed by atoms with Crippen molar-refractivity contribution in [2.75, 3.05) is 13.1 Å². The van der Waals surface area contributed by atoms with E-state index >= 15 is 0 Å². The first-order chi connectivity index (χ1) is 8.36. The number of rotatable bonds is 3. The quantitative estimate of drug-likeness (QED) is 0.862. The molecule has 3 atom stereocenters. The number of nitrogens with one attached hydrogen (secondary N) is 1. The van der Waals surface area contributed by atoms with Gasteiger partial charge in [-0.05, 0) is 37.3 Å². The van der Waals surface area contributed by atoms with Crippen molar-refractivity contribution in [3.05, 3.63) is 35.9 Å². The lowest BCUT2D eigenvalue weighted by molar-refractivity contribution is -0.124. The molecular formula is C15H19NO. The highest BCUT2D eigenvalue weighted by molar-refractivity contribution is 5.87. The molecule has 1 aliphatic heterocycles. The van der Waals surface area contributed by atoms with Gasteiger partial charge in [-0.15, -0.1) is 0 Å².